The van der Waals surface area contributed by atoms with Crippen LogP contribution in [0.15, 0.2) is 0 Å². The van der Waals surface area contributed by atoms with Crippen molar-refractivity contribution < 1.29 is 14.3 Å². The van der Waals surface area contributed by atoms with Gasteiger partial charge in [0, 0.05) is 19.4 Å². The molecule has 3 fully saturated rings. The van der Waals surface area contributed by atoms with Gasteiger partial charge in [-0.15, -0.1) is 0 Å². The highest BCUT2D eigenvalue weighted by Crippen LogP contribution is 2.27. The zero-order chi connectivity index (χ0) is 13.1. The maximum atomic E-state index is 12.1. The molecule has 0 spiro atoms. The highest BCUT2D eigenvalue weighted by molar-refractivity contribution is 5.77. The average molecular weight is 268 g/mol. The summed E-state index contributed by atoms with van der Waals surface area (Å²) >= 11 is 0. The van der Waals surface area contributed by atoms with Crippen LogP contribution < -0.4 is 5.32 Å². The number of ether oxygens (including phenoxy) is 2. The summed E-state index contributed by atoms with van der Waals surface area (Å²) in [4.78, 5) is 14.2. The molecule has 3 aliphatic rings. The molecule has 1 amide bonds. The molecule has 3 heterocycles. The summed E-state index contributed by atoms with van der Waals surface area (Å²) in [7, 11) is 0. The van der Waals surface area contributed by atoms with E-state index in [-0.39, 0.29) is 12.5 Å². The number of carbonyl (C=O) groups excluding carboxylic acids is 1. The van der Waals surface area contributed by atoms with E-state index in [2.05, 4.69) is 10.2 Å². The molecule has 1 N–H and O–H groups in total. The van der Waals surface area contributed by atoms with Crippen molar-refractivity contribution in [1.29, 1.82) is 0 Å². The monoisotopic (exact) mass is 268 g/mol. The lowest BCUT2D eigenvalue weighted by atomic mass is 9.93. The van der Waals surface area contributed by atoms with E-state index in [1.54, 1.807) is 0 Å². The first-order valence-corrected chi connectivity index (χ1v) is 7.59. The second kappa shape index (κ2) is 6.20. The predicted octanol–water partition coefficient (Wildman–Crippen LogP) is 1.09. The van der Waals surface area contributed by atoms with Crippen LogP contribution in [0.4, 0.5) is 0 Å². The number of hydrogen-bond donors (Lipinski definition) is 1. The predicted molar refractivity (Wildman–Crippen MR) is 70.4 cm³/mol. The van der Waals surface area contributed by atoms with Crippen LogP contribution >= 0.6 is 0 Å². The highest BCUT2D eigenvalue weighted by atomic mass is 16.7. The normalized spacial score (nSPS) is 33.9. The molecule has 0 radical (unpaired) electrons. The molecule has 0 aromatic rings. The maximum absolute atomic E-state index is 12.1. The number of carbonyl (C=O) groups is 1. The molecule has 3 rings (SSSR count). The first-order chi connectivity index (χ1) is 9.33. The van der Waals surface area contributed by atoms with Gasteiger partial charge < -0.3 is 14.4 Å². The van der Waals surface area contributed by atoms with Crippen molar-refractivity contribution in [1.82, 2.24) is 10.2 Å². The van der Waals surface area contributed by atoms with E-state index in [9.17, 15) is 4.79 Å². The Bertz CT molecular complexity index is 312. The van der Waals surface area contributed by atoms with Gasteiger partial charge in [0.15, 0.2) is 6.29 Å². The minimum absolute atomic E-state index is 0.0423. The summed E-state index contributed by atoms with van der Waals surface area (Å²) < 4.78 is 11.0. The van der Waals surface area contributed by atoms with Crippen LogP contribution in [0.5, 0.6) is 0 Å². The van der Waals surface area contributed by atoms with E-state index >= 15 is 0 Å². The van der Waals surface area contributed by atoms with Crippen molar-refractivity contribution in [2.45, 2.75) is 51.0 Å². The molecule has 0 aromatic carbocycles. The molecular formula is C14H24N2O3. The van der Waals surface area contributed by atoms with Gasteiger partial charge in [0.25, 0.3) is 0 Å². The Labute approximate surface area is 114 Å². The van der Waals surface area contributed by atoms with Gasteiger partial charge in [-0.2, -0.15) is 0 Å². The van der Waals surface area contributed by atoms with Crippen LogP contribution in [0.2, 0.25) is 0 Å². The largest absolute Gasteiger partial charge is 0.350 e. The van der Waals surface area contributed by atoms with Gasteiger partial charge in [-0.3, -0.25) is 10.1 Å². The third-order valence-electron chi connectivity index (χ3n) is 4.42. The molecule has 2 unspecified atom stereocenters. The fourth-order valence-corrected chi connectivity index (χ4v) is 3.35. The number of rotatable bonds is 3. The van der Waals surface area contributed by atoms with Crippen LogP contribution in [0.25, 0.3) is 0 Å². The van der Waals surface area contributed by atoms with E-state index in [4.69, 9.17) is 9.47 Å². The van der Waals surface area contributed by atoms with E-state index in [1.807, 2.05) is 0 Å². The lowest BCUT2D eigenvalue weighted by Crippen LogP contribution is -2.54. The van der Waals surface area contributed by atoms with E-state index in [0.717, 1.165) is 32.4 Å². The smallest absolute Gasteiger partial charge is 0.223 e. The lowest BCUT2D eigenvalue weighted by Gasteiger charge is -2.40. The van der Waals surface area contributed by atoms with Crippen LogP contribution in [-0.2, 0) is 14.3 Å². The van der Waals surface area contributed by atoms with Gasteiger partial charge in [-0.25, -0.2) is 0 Å². The molecular weight excluding hydrogens is 244 g/mol. The third kappa shape index (κ3) is 3.27. The average Bonchev–Trinajstić information content (AvgIpc) is 2.95. The first-order valence-electron chi connectivity index (χ1n) is 7.59. The summed E-state index contributed by atoms with van der Waals surface area (Å²) in [5.74, 6) is 0.827. The summed E-state index contributed by atoms with van der Waals surface area (Å²) in [6.45, 7) is 3.32. The first kappa shape index (κ1) is 13.3. The minimum Gasteiger partial charge on any atom is -0.350 e. The number of amides is 1. The molecule has 2 atom stereocenters. The molecule has 0 aromatic heterocycles. The number of nitrogens with one attached hydrogen (secondary N) is 1. The van der Waals surface area contributed by atoms with Gasteiger partial charge in [0.2, 0.25) is 5.91 Å². The van der Waals surface area contributed by atoms with Gasteiger partial charge in [-0.05, 0) is 38.1 Å². The van der Waals surface area contributed by atoms with Crippen molar-refractivity contribution in [3.63, 3.8) is 0 Å². The molecule has 19 heavy (non-hydrogen) atoms. The van der Waals surface area contributed by atoms with E-state index < -0.39 is 0 Å². The Kier molecular flexibility index (Phi) is 4.35. The molecule has 0 saturated carbocycles. The highest BCUT2D eigenvalue weighted by Gasteiger charge is 2.33. The molecule has 3 aliphatic heterocycles. The minimum atomic E-state index is -0.0423. The van der Waals surface area contributed by atoms with Crippen LogP contribution in [0.3, 0.4) is 0 Å². The lowest BCUT2D eigenvalue weighted by molar-refractivity contribution is -0.140. The molecule has 3 saturated heterocycles. The van der Waals surface area contributed by atoms with E-state index in [1.165, 1.54) is 12.8 Å². The standard InChI is InChI=1S/C14H24N2O3/c17-13-5-4-11(9-14-18-7-8-19-14)10-16(13)12-3-1-2-6-15-12/h11-12,14-15H,1-10H2. The van der Waals surface area contributed by atoms with Gasteiger partial charge in [0.05, 0.1) is 19.4 Å². The Hall–Kier alpha value is -0.650. The van der Waals surface area contributed by atoms with Crippen molar-refractivity contribution in [2.24, 2.45) is 5.92 Å². The maximum Gasteiger partial charge on any atom is 0.223 e. The Balaban J connectivity index is 1.55. The summed E-state index contributed by atoms with van der Waals surface area (Å²) in [5, 5.41) is 3.48. The quantitative estimate of drug-likeness (QED) is 0.832. The topological polar surface area (TPSA) is 50.8 Å². The fraction of sp³-hybridized carbons (Fsp3) is 0.929. The zero-order valence-corrected chi connectivity index (χ0v) is 11.5. The van der Waals surface area contributed by atoms with Gasteiger partial charge >= 0.3 is 0 Å². The number of likely N-dealkylation sites (tertiary alicyclic amines) is 1. The fourth-order valence-electron chi connectivity index (χ4n) is 3.35. The second-order valence-electron chi connectivity index (χ2n) is 5.82. The molecule has 5 nitrogen and oxygen atoms in total. The Morgan fingerprint density at radius 1 is 1.21 bits per heavy atom. The zero-order valence-electron chi connectivity index (χ0n) is 11.5. The van der Waals surface area contributed by atoms with Crippen LogP contribution in [0, 0.1) is 5.92 Å². The summed E-state index contributed by atoms with van der Waals surface area (Å²) in [6.07, 6.45) is 6.34. The van der Waals surface area contributed by atoms with Crippen LogP contribution in [0.1, 0.15) is 38.5 Å². The second-order valence-corrected chi connectivity index (χ2v) is 5.82. The van der Waals surface area contributed by atoms with E-state index in [0.29, 0.717) is 31.5 Å². The van der Waals surface area contributed by atoms with Crippen molar-refractivity contribution in [3.05, 3.63) is 0 Å². The van der Waals surface area contributed by atoms with Gasteiger partial charge in [-0.1, -0.05) is 0 Å². The molecule has 0 bridgehead atoms. The molecule has 108 valence electrons. The van der Waals surface area contributed by atoms with Gasteiger partial charge in [0.1, 0.15) is 0 Å². The SMILES string of the molecule is O=C1CCC(CC2OCCO2)CN1C1CCCCN1. The van der Waals surface area contributed by atoms with Crippen LogP contribution in [-0.4, -0.2) is 49.6 Å². The number of piperidine rings is 2. The molecule has 5 heteroatoms. The van der Waals surface area contributed by atoms with Crippen molar-refractivity contribution in [3.8, 4) is 0 Å². The molecule has 0 aliphatic carbocycles. The Morgan fingerprint density at radius 3 is 2.79 bits per heavy atom. The third-order valence-corrected chi connectivity index (χ3v) is 4.42. The number of nitrogens with zero attached hydrogens (tertiary/aromatic N) is 1. The summed E-state index contributed by atoms with van der Waals surface area (Å²) in [5.41, 5.74) is 0. The summed E-state index contributed by atoms with van der Waals surface area (Å²) in [6, 6.07) is 0. The number of hydrogen-bond acceptors (Lipinski definition) is 4. The van der Waals surface area contributed by atoms with Crippen molar-refractivity contribution in [2.75, 3.05) is 26.3 Å². The Morgan fingerprint density at radius 2 is 2.05 bits per heavy atom. The van der Waals surface area contributed by atoms with Crippen molar-refractivity contribution >= 4 is 5.91 Å².